The average molecular weight is 306 g/mol. The summed E-state index contributed by atoms with van der Waals surface area (Å²) in [5.74, 6) is -0.147. The van der Waals surface area contributed by atoms with Crippen molar-refractivity contribution in [1.29, 1.82) is 0 Å². The van der Waals surface area contributed by atoms with E-state index < -0.39 is 12.2 Å². The molecule has 1 aromatic rings. The molecule has 2 rings (SSSR count). The fourth-order valence-corrected chi connectivity index (χ4v) is 2.39. The minimum Gasteiger partial charge on any atom is -0.491 e. The lowest BCUT2D eigenvalue weighted by Gasteiger charge is -2.17. The molecule has 0 bridgehead atoms. The van der Waals surface area contributed by atoms with Crippen LogP contribution in [0.5, 0.6) is 5.75 Å². The molecular weight excluding hydrogens is 287 g/mol. The van der Waals surface area contributed by atoms with Crippen LogP contribution in [0.15, 0.2) is 48.6 Å². The topological polar surface area (TPSA) is 66.8 Å². The second kappa shape index (κ2) is 7.87. The van der Waals surface area contributed by atoms with Crippen LogP contribution in [0.3, 0.4) is 0 Å². The normalized spacial score (nSPS) is 25.5. The summed E-state index contributed by atoms with van der Waals surface area (Å²) in [7, 11) is 0. The molecule has 1 aliphatic carbocycles. The third kappa shape index (κ3) is 4.51. The van der Waals surface area contributed by atoms with Gasteiger partial charge in [0.05, 0.1) is 6.10 Å². The highest BCUT2D eigenvalue weighted by Gasteiger charge is 2.27. The smallest absolute Gasteiger partial charge is 0.123 e. The van der Waals surface area contributed by atoms with Crippen LogP contribution in [0.25, 0.3) is 0 Å². The predicted octanol–water partition coefficient (Wildman–Crippen LogP) is 1.87. The highest BCUT2D eigenvalue weighted by Crippen LogP contribution is 2.29. The molecule has 1 aromatic carbocycles. The summed E-state index contributed by atoms with van der Waals surface area (Å²) in [5.41, 5.74) is 0. The van der Waals surface area contributed by atoms with E-state index in [9.17, 15) is 19.4 Å². The van der Waals surface area contributed by atoms with Gasteiger partial charge in [-0.2, -0.15) is 0 Å². The number of carbonyl (C=O) groups is 1. The number of rotatable bonds is 7. The lowest BCUT2D eigenvalue weighted by atomic mass is 9.91. The van der Waals surface area contributed by atoms with Gasteiger partial charge in [-0.1, -0.05) is 24.3 Å². The van der Waals surface area contributed by atoms with E-state index in [0.717, 1.165) is 6.29 Å². The van der Waals surface area contributed by atoms with Gasteiger partial charge in [-0.25, -0.2) is 4.39 Å². The van der Waals surface area contributed by atoms with Crippen molar-refractivity contribution in [2.24, 2.45) is 11.8 Å². The van der Waals surface area contributed by atoms with E-state index in [0.29, 0.717) is 12.2 Å². The van der Waals surface area contributed by atoms with E-state index in [-0.39, 0.29) is 24.3 Å². The second-order valence-corrected chi connectivity index (χ2v) is 5.24. The molecule has 0 heterocycles. The van der Waals surface area contributed by atoms with Gasteiger partial charge < -0.3 is 19.7 Å². The van der Waals surface area contributed by atoms with Crippen molar-refractivity contribution in [1.82, 2.24) is 0 Å². The van der Waals surface area contributed by atoms with Gasteiger partial charge in [0.2, 0.25) is 0 Å². The zero-order chi connectivity index (χ0) is 15.9. The molecule has 0 saturated carbocycles. The summed E-state index contributed by atoms with van der Waals surface area (Å²) in [6.07, 6.45) is 6.38. The molecule has 0 fully saturated rings. The Hall–Kier alpha value is -1.98. The monoisotopic (exact) mass is 306 g/mol. The Morgan fingerprint density at radius 2 is 2.00 bits per heavy atom. The Labute approximate surface area is 128 Å². The van der Waals surface area contributed by atoms with Crippen molar-refractivity contribution in [3.05, 3.63) is 54.4 Å². The molecule has 1 aliphatic rings. The summed E-state index contributed by atoms with van der Waals surface area (Å²) in [4.78, 5) is 10.6. The first-order chi connectivity index (χ1) is 10.6. The van der Waals surface area contributed by atoms with Gasteiger partial charge in [0, 0.05) is 12.3 Å². The van der Waals surface area contributed by atoms with Crippen molar-refractivity contribution in [3.8, 4) is 5.75 Å². The molecule has 0 aromatic heterocycles. The molecule has 1 unspecified atom stereocenters. The van der Waals surface area contributed by atoms with E-state index in [2.05, 4.69) is 0 Å². The summed E-state index contributed by atoms with van der Waals surface area (Å²) in [6.45, 7) is 0.0245. The minimum absolute atomic E-state index is 0.0245. The van der Waals surface area contributed by atoms with Gasteiger partial charge in [0.1, 0.15) is 30.6 Å². The van der Waals surface area contributed by atoms with Crippen LogP contribution in [-0.4, -0.2) is 35.3 Å². The molecule has 0 amide bonds. The molecule has 0 radical (unpaired) electrons. The summed E-state index contributed by atoms with van der Waals surface area (Å²) in [6, 6.07) is 5.53. The van der Waals surface area contributed by atoms with Crippen molar-refractivity contribution in [2.45, 2.75) is 18.6 Å². The molecule has 0 saturated heterocycles. The van der Waals surface area contributed by atoms with Crippen LogP contribution in [0.1, 0.15) is 6.42 Å². The molecule has 2 N–H and O–H groups in total. The minimum atomic E-state index is -0.852. The molecule has 0 aliphatic heterocycles. The third-order valence-electron chi connectivity index (χ3n) is 3.60. The van der Waals surface area contributed by atoms with E-state index >= 15 is 0 Å². The molecule has 118 valence electrons. The summed E-state index contributed by atoms with van der Waals surface area (Å²) < 4.78 is 18.1. The number of aliphatic hydroxyl groups is 2. The van der Waals surface area contributed by atoms with Crippen molar-refractivity contribution in [3.63, 3.8) is 0 Å². The maximum Gasteiger partial charge on any atom is 0.123 e. The third-order valence-corrected chi connectivity index (χ3v) is 3.60. The van der Waals surface area contributed by atoms with Crippen LogP contribution in [-0.2, 0) is 4.79 Å². The first-order valence-corrected chi connectivity index (χ1v) is 7.15. The van der Waals surface area contributed by atoms with Gasteiger partial charge in [-0.3, -0.25) is 0 Å². The quantitative estimate of drug-likeness (QED) is 0.596. The fraction of sp³-hybridized carbons (Fsp3) is 0.353. The van der Waals surface area contributed by atoms with Crippen LogP contribution in [0, 0.1) is 17.7 Å². The van der Waals surface area contributed by atoms with Crippen molar-refractivity contribution < 1.29 is 24.1 Å². The number of benzene rings is 1. The highest BCUT2D eigenvalue weighted by molar-refractivity contribution is 5.51. The SMILES string of the molecule is O=CC[C@@H]1C=C[C@H](O)[C@H]1C=CC(O)COc1ccc(F)cc1. The molecule has 5 heteroatoms. The largest absolute Gasteiger partial charge is 0.491 e. The zero-order valence-corrected chi connectivity index (χ0v) is 12.0. The van der Waals surface area contributed by atoms with Gasteiger partial charge in [-0.05, 0) is 30.2 Å². The Morgan fingerprint density at radius 3 is 2.68 bits per heavy atom. The molecule has 22 heavy (non-hydrogen) atoms. The number of halogens is 1. The summed E-state index contributed by atoms with van der Waals surface area (Å²) in [5, 5.41) is 19.7. The van der Waals surface area contributed by atoms with Crippen molar-refractivity contribution in [2.75, 3.05) is 6.61 Å². The van der Waals surface area contributed by atoms with Gasteiger partial charge >= 0.3 is 0 Å². The number of aliphatic hydroxyl groups excluding tert-OH is 2. The van der Waals surface area contributed by atoms with Crippen LogP contribution >= 0.6 is 0 Å². The molecule has 4 nitrogen and oxygen atoms in total. The molecule has 0 spiro atoms. The second-order valence-electron chi connectivity index (χ2n) is 5.24. The van der Waals surface area contributed by atoms with Crippen molar-refractivity contribution >= 4 is 6.29 Å². The predicted molar refractivity (Wildman–Crippen MR) is 79.8 cm³/mol. The molecular formula is C17H19FO4. The van der Waals surface area contributed by atoms with Crippen LogP contribution in [0.4, 0.5) is 4.39 Å². The maximum atomic E-state index is 12.7. The van der Waals surface area contributed by atoms with E-state index in [4.69, 9.17) is 4.74 Å². The number of ether oxygens (including phenoxy) is 1. The Balaban J connectivity index is 1.84. The fourth-order valence-electron chi connectivity index (χ4n) is 2.39. The lowest BCUT2D eigenvalue weighted by Crippen LogP contribution is -2.20. The maximum absolute atomic E-state index is 12.7. The van der Waals surface area contributed by atoms with E-state index in [1.54, 1.807) is 18.2 Å². The number of hydrogen-bond acceptors (Lipinski definition) is 4. The first kappa shape index (κ1) is 16.4. The number of aldehydes is 1. The molecule has 4 atom stereocenters. The van der Waals surface area contributed by atoms with Gasteiger partial charge in [0.25, 0.3) is 0 Å². The highest BCUT2D eigenvalue weighted by atomic mass is 19.1. The number of allylic oxidation sites excluding steroid dienone is 1. The van der Waals surface area contributed by atoms with E-state index in [1.165, 1.54) is 24.3 Å². The van der Waals surface area contributed by atoms with Crippen LogP contribution in [0.2, 0.25) is 0 Å². The lowest BCUT2D eigenvalue weighted by molar-refractivity contribution is -0.108. The average Bonchev–Trinajstić information content (AvgIpc) is 2.85. The van der Waals surface area contributed by atoms with Crippen LogP contribution < -0.4 is 4.74 Å². The van der Waals surface area contributed by atoms with E-state index in [1.807, 2.05) is 6.08 Å². The summed E-state index contributed by atoms with van der Waals surface area (Å²) >= 11 is 0. The standard InChI is InChI=1S/C17H19FO4/c18-13-2-5-15(6-3-13)22-11-14(20)4-7-16-12(9-10-19)1-8-17(16)21/h1-8,10,12,14,16-17,20-21H,9,11H2/t12-,14?,16-,17-/m0/s1. The zero-order valence-electron chi connectivity index (χ0n) is 12.0. The first-order valence-electron chi connectivity index (χ1n) is 7.15. The Bertz CT molecular complexity index is 538. The van der Waals surface area contributed by atoms with Gasteiger partial charge in [0.15, 0.2) is 0 Å². The number of hydrogen-bond donors (Lipinski definition) is 2. The Kier molecular flexibility index (Phi) is 5.86. The number of carbonyl (C=O) groups excluding carboxylic acids is 1. The van der Waals surface area contributed by atoms with Gasteiger partial charge in [-0.15, -0.1) is 0 Å². The Morgan fingerprint density at radius 1 is 1.27 bits per heavy atom.